The zero-order chi connectivity index (χ0) is 19.1. The van der Waals surface area contributed by atoms with E-state index in [9.17, 15) is 0 Å². The second-order valence-corrected chi connectivity index (χ2v) is 8.69. The highest BCUT2D eigenvalue weighted by atomic mass is 16.7. The number of aromatic nitrogens is 1. The van der Waals surface area contributed by atoms with Crippen molar-refractivity contribution in [2.45, 2.75) is 63.8 Å². The SMILES string of the molecule is CC1(C)OB(c2cc(C3CCCOC3)nc(C3COCCO3)c2)OC1(C)C. The maximum atomic E-state index is 6.28. The van der Waals surface area contributed by atoms with E-state index in [-0.39, 0.29) is 17.3 Å². The summed E-state index contributed by atoms with van der Waals surface area (Å²) in [5.41, 5.74) is 2.17. The molecule has 148 valence electrons. The molecule has 27 heavy (non-hydrogen) atoms. The van der Waals surface area contributed by atoms with E-state index >= 15 is 0 Å². The lowest BCUT2D eigenvalue weighted by molar-refractivity contribution is -0.0918. The van der Waals surface area contributed by atoms with Crippen LogP contribution < -0.4 is 5.46 Å². The fraction of sp³-hybridized carbons (Fsp3) is 0.750. The summed E-state index contributed by atoms with van der Waals surface area (Å²) < 4.78 is 29.8. The van der Waals surface area contributed by atoms with E-state index in [2.05, 4.69) is 39.8 Å². The van der Waals surface area contributed by atoms with Gasteiger partial charge in [0.25, 0.3) is 0 Å². The Morgan fingerprint density at radius 3 is 2.26 bits per heavy atom. The van der Waals surface area contributed by atoms with Crippen molar-refractivity contribution in [3.8, 4) is 0 Å². The zero-order valence-corrected chi connectivity index (χ0v) is 16.8. The fourth-order valence-corrected chi connectivity index (χ4v) is 3.72. The molecule has 1 aromatic heterocycles. The van der Waals surface area contributed by atoms with Crippen LogP contribution in [0.15, 0.2) is 12.1 Å². The van der Waals surface area contributed by atoms with Gasteiger partial charge in [0, 0.05) is 18.2 Å². The smallest absolute Gasteiger partial charge is 0.399 e. The van der Waals surface area contributed by atoms with Crippen molar-refractivity contribution in [3.63, 3.8) is 0 Å². The molecule has 0 radical (unpaired) electrons. The van der Waals surface area contributed by atoms with Crippen molar-refractivity contribution in [2.24, 2.45) is 0 Å². The van der Waals surface area contributed by atoms with Crippen LogP contribution in [0.4, 0.5) is 0 Å². The van der Waals surface area contributed by atoms with Gasteiger partial charge in [-0.15, -0.1) is 0 Å². The van der Waals surface area contributed by atoms with Crippen LogP contribution >= 0.6 is 0 Å². The average molecular weight is 375 g/mol. The van der Waals surface area contributed by atoms with E-state index in [0.717, 1.165) is 36.3 Å². The van der Waals surface area contributed by atoms with Gasteiger partial charge < -0.3 is 23.5 Å². The normalized spacial score (nSPS) is 30.4. The van der Waals surface area contributed by atoms with Crippen molar-refractivity contribution < 1.29 is 23.5 Å². The second-order valence-electron chi connectivity index (χ2n) is 8.69. The minimum absolute atomic E-state index is 0.149. The third kappa shape index (κ3) is 3.94. The Morgan fingerprint density at radius 2 is 1.63 bits per heavy atom. The summed E-state index contributed by atoms with van der Waals surface area (Å²) in [5.74, 6) is 0.296. The molecule has 0 N–H and O–H groups in total. The lowest BCUT2D eigenvalue weighted by Crippen LogP contribution is -2.41. The number of pyridine rings is 1. The van der Waals surface area contributed by atoms with Gasteiger partial charge in [-0.1, -0.05) is 0 Å². The lowest BCUT2D eigenvalue weighted by atomic mass is 9.77. The summed E-state index contributed by atoms with van der Waals surface area (Å²) in [4.78, 5) is 4.93. The first-order valence-corrected chi connectivity index (χ1v) is 10.0. The number of hydrogen-bond donors (Lipinski definition) is 0. The quantitative estimate of drug-likeness (QED) is 0.756. The largest absolute Gasteiger partial charge is 0.494 e. The maximum Gasteiger partial charge on any atom is 0.494 e. The molecule has 6 nitrogen and oxygen atoms in total. The lowest BCUT2D eigenvalue weighted by Gasteiger charge is -2.32. The molecule has 3 aliphatic heterocycles. The predicted octanol–water partition coefficient (Wildman–Crippen LogP) is 2.36. The number of ether oxygens (including phenoxy) is 3. The van der Waals surface area contributed by atoms with Crippen molar-refractivity contribution in [1.29, 1.82) is 0 Å². The molecule has 0 bridgehead atoms. The van der Waals surface area contributed by atoms with Crippen LogP contribution in [0.3, 0.4) is 0 Å². The van der Waals surface area contributed by atoms with Crippen LogP contribution in [-0.4, -0.2) is 56.3 Å². The molecule has 0 spiro atoms. The molecular weight excluding hydrogens is 345 g/mol. The summed E-state index contributed by atoms with van der Waals surface area (Å²) in [7, 11) is -0.412. The standard InChI is InChI=1S/C20H30BNO5/c1-19(2)20(3,4)27-21(26-19)15-10-16(14-6-5-7-23-12-14)22-17(11-15)18-13-24-8-9-25-18/h10-11,14,18H,5-9,12-13H2,1-4H3. The molecule has 0 aromatic carbocycles. The van der Waals surface area contributed by atoms with Crippen LogP contribution in [0, 0.1) is 0 Å². The number of hydrogen-bond acceptors (Lipinski definition) is 6. The Balaban J connectivity index is 1.67. The molecule has 3 aliphatic rings. The number of rotatable bonds is 3. The van der Waals surface area contributed by atoms with Gasteiger partial charge in [0.15, 0.2) is 0 Å². The molecule has 2 atom stereocenters. The molecule has 1 aromatic rings. The van der Waals surface area contributed by atoms with Gasteiger partial charge in [-0.05, 0) is 58.1 Å². The Bertz CT molecular complexity index is 616. The van der Waals surface area contributed by atoms with E-state index in [4.69, 9.17) is 28.5 Å². The van der Waals surface area contributed by atoms with Crippen LogP contribution in [0.25, 0.3) is 0 Å². The summed E-state index contributed by atoms with van der Waals surface area (Å²) in [6, 6.07) is 4.17. The highest BCUT2D eigenvalue weighted by Crippen LogP contribution is 2.37. The van der Waals surface area contributed by atoms with Gasteiger partial charge in [-0.3, -0.25) is 4.98 Å². The van der Waals surface area contributed by atoms with Gasteiger partial charge in [0.05, 0.1) is 43.3 Å². The monoisotopic (exact) mass is 375 g/mol. The van der Waals surface area contributed by atoms with Gasteiger partial charge in [0.2, 0.25) is 0 Å². The summed E-state index contributed by atoms with van der Waals surface area (Å²) in [6.07, 6.45) is 2.00. The van der Waals surface area contributed by atoms with Crippen LogP contribution in [0.2, 0.25) is 0 Å². The van der Waals surface area contributed by atoms with E-state index in [1.54, 1.807) is 0 Å². The van der Waals surface area contributed by atoms with Crippen molar-refractivity contribution in [2.75, 3.05) is 33.0 Å². The minimum atomic E-state index is -0.412. The molecule has 4 heterocycles. The molecule has 4 rings (SSSR count). The summed E-state index contributed by atoms with van der Waals surface area (Å²) >= 11 is 0. The molecule has 2 unspecified atom stereocenters. The predicted molar refractivity (Wildman–Crippen MR) is 102 cm³/mol. The van der Waals surface area contributed by atoms with Crippen LogP contribution in [0.1, 0.15) is 63.9 Å². The molecular formula is C20H30BNO5. The first kappa shape index (κ1) is 19.3. The molecule has 3 fully saturated rings. The third-order valence-electron chi connectivity index (χ3n) is 6.14. The van der Waals surface area contributed by atoms with Crippen molar-refractivity contribution in [1.82, 2.24) is 4.98 Å². The van der Waals surface area contributed by atoms with Crippen LogP contribution in [-0.2, 0) is 23.5 Å². The van der Waals surface area contributed by atoms with Crippen molar-refractivity contribution >= 4 is 12.6 Å². The first-order valence-electron chi connectivity index (χ1n) is 10.0. The summed E-state index contributed by atoms with van der Waals surface area (Å²) in [5, 5.41) is 0. The molecule has 0 aliphatic carbocycles. The third-order valence-corrected chi connectivity index (χ3v) is 6.14. The molecule has 7 heteroatoms. The van der Waals surface area contributed by atoms with Gasteiger partial charge in [-0.25, -0.2) is 0 Å². The highest BCUT2D eigenvalue weighted by Gasteiger charge is 2.52. The Morgan fingerprint density at radius 1 is 0.926 bits per heavy atom. The molecule has 3 saturated heterocycles. The van der Waals surface area contributed by atoms with E-state index in [1.165, 1.54) is 0 Å². The molecule has 0 saturated carbocycles. The second kappa shape index (κ2) is 7.45. The Kier molecular flexibility index (Phi) is 5.33. The fourth-order valence-electron chi connectivity index (χ4n) is 3.72. The Hall–Kier alpha value is -0.985. The van der Waals surface area contributed by atoms with E-state index in [0.29, 0.717) is 32.3 Å². The average Bonchev–Trinajstić information content (AvgIpc) is 2.90. The zero-order valence-electron chi connectivity index (χ0n) is 16.8. The highest BCUT2D eigenvalue weighted by molar-refractivity contribution is 6.62. The van der Waals surface area contributed by atoms with E-state index < -0.39 is 7.12 Å². The van der Waals surface area contributed by atoms with Gasteiger partial charge in [0.1, 0.15) is 6.10 Å². The minimum Gasteiger partial charge on any atom is -0.399 e. The van der Waals surface area contributed by atoms with Gasteiger partial charge in [-0.2, -0.15) is 0 Å². The Labute approximate surface area is 162 Å². The van der Waals surface area contributed by atoms with Crippen molar-refractivity contribution in [3.05, 3.63) is 23.5 Å². The number of nitrogens with zero attached hydrogens (tertiary/aromatic N) is 1. The first-order chi connectivity index (χ1) is 12.9. The van der Waals surface area contributed by atoms with Gasteiger partial charge >= 0.3 is 7.12 Å². The summed E-state index contributed by atoms with van der Waals surface area (Å²) in [6.45, 7) is 11.6. The van der Waals surface area contributed by atoms with Crippen LogP contribution in [0.5, 0.6) is 0 Å². The maximum absolute atomic E-state index is 6.28. The topological polar surface area (TPSA) is 59.0 Å². The molecule has 0 amide bonds. The van der Waals surface area contributed by atoms with E-state index in [1.807, 2.05) is 0 Å².